The summed E-state index contributed by atoms with van der Waals surface area (Å²) in [6.07, 6.45) is 15.6. The van der Waals surface area contributed by atoms with Crippen molar-refractivity contribution in [2.75, 3.05) is 0 Å². The Hall–Kier alpha value is -1.04. The van der Waals surface area contributed by atoms with Gasteiger partial charge in [0.1, 0.15) is 0 Å². The van der Waals surface area contributed by atoms with Crippen LogP contribution >= 0.6 is 0 Å². The zero-order valence-electron chi connectivity index (χ0n) is 9.81. The zero-order chi connectivity index (χ0) is 10.5. The van der Waals surface area contributed by atoms with E-state index in [0.717, 1.165) is 0 Å². The molecule has 0 N–H and O–H groups in total. The average molecular weight is 210 g/mol. The largest absolute Gasteiger partial charge is 0.0795 e. The summed E-state index contributed by atoms with van der Waals surface area (Å²) < 4.78 is 0. The van der Waals surface area contributed by atoms with Crippen LogP contribution in [-0.2, 0) is 32.1 Å². The molecule has 0 saturated heterocycles. The van der Waals surface area contributed by atoms with E-state index >= 15 is 0 Å². The summed E-state index contributed by atoms with van der Waals surface area (Å²) in [6.45, 7) is 0. The minimum absolute atomic E-state index is 1.21. The van der Waals surface area contributed by atoms with Crippen molar-refractivity contribution in [1.29, 1.82) is 0 Å². The van der Waals surface area contributed by atoms with Crippen LogP contribution < -0.4 is 0 Å². The second-order valence-corrected chi connectivity index (χ2v) is 5.47. The van der Waals surface area contributed by atoms with Crippen LogP contribution in [0.5, 0.6) is 0 Å². The normalized spacial score (nSPS) is 20.8. The lowest BCUT2D eigenvalue weighted by atomic mass is 9.81. The quantitative estimate of drug-likeness (QED) is 0.613. The lowest BCUT2D eigenvalue weighted by Gasteiger charge is -2.23. The fraction of sp³-hybridized carbons (Fsp3) is 0.500. The molecule has 0 radical (unpaired) electrons. The van der Waals surface area contributed by atoms with E-state index in [1.165, 1.54) is 51.4 Å². The predicted molar refractivity (Wildman–Crippen MR) is 67.8 cm³/mol. The van der Waals surface area contributed by atoms with Gasteiger partial charge in [-0.25, -0.2) is 0 Å². The maximum absolute atomic E-state index is 2.40. The van der Waals surface area contributed by atoms with E-state index in [4.69, 9.17) is 0 Å². The predicted octanol–water partition coefficient (Wildman–Crippen LogP) is 3.62. The fourth-order valence-electron chi connectivity index (χ4n) is 4.02. The molecule has 0 nitrogen and oxygen atoms in total. The SMILES string of the molecule is C1=Cc2c(c3c(c4c2CCCC4)CCC3)C1. The van der Waals surface area contributed by atoms with Gasteiger partial charge in [-0.1, -0.05) is 12.2 Å². The minimum Gasteiger partial charge on any atom is -0.0795 e. The topological polar surface area (TPSA) is 0 Å². The van der Waals surface area contributed by atoms with Gasteiger partial charge < -0.3 is 0 Å². The van der Waals surface area contributed by atoms with Crippen LogP contribution in [0.4, 0.5) is 0 Å². The van der Waals surface area contributed by atoms with Gasteiger partial charge in [0.25, 0.3) is 0 Å². The van der Waals surface area contributed by atoms with Crippen LogP contribution in [0.1, 0.15) is 52.6 Å². The van der Waals surface area contributed by atoms with E-state index in [2.05, 4.69) is 12.2 Å². The van der Waals surface area contributed by atoms with Gasteiger partial charge in [0.05, 0.1) is 0 Å². The number of benzene rings is 1. The summed E-state index contributed by atoms with van der Waals surface area (Å²) in [7, 11) is 0. The van der Waals surface area contributed by atoms with E-state index in [1.807, 2.05) is 0 Å². The molecule has 1 aromatic rings. The van der Waals surface area contributed by atoms with Crippen molar-refractivity contribution < 1.29 is 0 Å². The van der Waals surface area contributed by atoms with Gasteiger partial charge in [-0.2, -0.15) is 0 Å². The Morgan fingerprint density at radius 2 is 1.25 bits per heavy atom. The first-order valence-electron chi connectivity index (χ1n) is 6.80. The van der Waals surface area contributed by atoms with E-state index in [0.29, 0.717) is 0 Å². The first kappa shape index (κ1) is 9.04. The Labute approximate surface area is 97.4 Å². The van der Waals surface area contributed by atoms with Crippen molar-refractivity contribution >= 4 is 6.08 Å². The number of fused-ring (bicyclic) bond motifs is 6. The number of allylic oxidation sites excluding steroid dienone is 1. The molecule has 0 bridgehead atoms. The molecule has 0 fully saturated rings. The van der Waals surface area contributed by atoms with Gasteiger partial charge in [-0.15, -0.1) is 0 Å². The van der Waals surface area contributed by atoms with Crippen molar-refractivity contribution in [2.45, 2.75) is 51.4 Å². The van der Waals surface area contributed by atoms with E-state index in [9.17, 15) is 0 Å². The van der Waals surface area contributed by atoms with Gasteiger partial charge in [0, 0.05) is 0 Å². The third kappa shape index (κ3) is 1.05. The number of hydrogen-bond donors (Lipinski definition) is 0. The molecule has 1 aromatic carbocycles. The molecule has 0 heterocycles. The second-order valence-electron chi connectivity index (χ2n) is 5.47. The Bertz CT molecular complexity index is 491. The van der Waals surface area contributed by atoms with Crippen LogP contribution in [0.15, 0.2) is 6.08 Å². The fourth-order valence-corrected chi connectivity index (χ4v) is 4.02. The standard InChI is InChI=1S/C16H18/c1-2-6-12-11(5-1)13-7-3-9-15(13)16-10-4-8-14(12)16/h3,7H,1-2,4-6,8-10H2. The van der Waals surface area contributed by atoms with Crippen LogP contribution in [-0.4, -0.2) is 0 Å². The molecule has 0 heteroatoms. The Morgan fingerprint density at radius 1 is 0.625 bits per heavy atom. The molecule has 0 atom stereocenters. The van der Waals surface area contributed by atoms with Gasteiger partial charge in [0.2, 0.25) is 0 Å². The molecule has 0 unspecified atom stereocenters. The number of rotatable bonds is 0. The minimum atomic E-state index is 1.21. The molecule has 0 amide bonds. The van der Waals surface area contributed by atoms with Crippen molar-refractivity contribution in [3.63, 3.8) is 0 Å². The maximum atomic E-state index is 2.40. The second kappa shape index (κ2) is 3.23. The van der Waals surface area contributed by atoms with E-state index in [1.54, 1.807) is 33.4 Å². The highest BCUT2D eigenvalue weighted by Crippen LogP contribution is 2.40. The summed E-state index contributed by atoms with van der Waals surface area (Å²) >= 11 is 0. The monoisotopic (exact) mass is 210 g/mol. The Morgan fingerprint density at radius 3 is 2.12 bits per heavy atom. The van der Waals surface area contributed by atoms with Crippen molar-refractivity contribution in [3.05, 3.63) is 39.5 Å². The summed E-state index contributed by atoms with van der Waals surface area (Å²) in [6, 6.07) is 0. The molecule has 0 saturated carbocycles. The first-order chi connectivity index (χ1) is 7.95. The Balaban J connectivity index is 2.06. The van der Waals surface area contributed by atoms with E-state index in [-0.39, 0.29) is 0 Å². The number of hydrogen-bond acceptors (Lipinski definition) is 0. The molecule has 0 aromatic heterocycles. The Kier molecular flexibility index (Phi) is 1.82. The first-order valence-corrected chi connectivity index (χ1v) is 6.80. The molecule has 0 aliphatic heterocycles. The molecular weight excluding hydrogens is 192 g/mol. The molecule has 0 spiro atoms. The highest BCUT2D eigenvalue weighted by atomic mass is 14.3. The molecule has 82 valence electrons. The third-order valence-corrected chi connectivity index (χ3v) is 4.67. The van der Waals surface area contributed by atoms with Gasteiger partial charge >= 0.3 is 0 Å². The van der Waals surface area contributed by atoms with Crippen molar-refractivity contribution in [1.82, 2.24) is 0 Å². The van der Waals surface area contributed by atoms with Crippen LogP contribution in [0.2, 0.25) is 0 Å². The highest BCUT2D eigenvalue weighted by molar-refractivity contribution is 5.70. The van der Waals surface area contributed by atoms with Gasteiger partial charge in [-0.05, 0) is 84.7 Å². The smallest absolute Gasteiger partial charge is 0.00852 e. The lowest BCUT2D eigenvalue weighted by Crippen LogP contribution is -2.10. The molecule has 3 aliphatic carbocycles. The van der Waals surface area contributed by atoms with Crippen LogP contribution in [0, 0.1) is 0 Å². The van der Waals surface area contributed by atoms with Crippen molar-refractivity contribution in [2.24, 2.45) is 0 Å². The van der Waals surface area contributed by atoms with Gasteiger partial charge in [-0.3, -0.25) is 0 Å². The van der Waals surface area contributed by atoms with Gasteiger partial charge in [0.15, 0.2) is 0 Å². The summed E-state index contributed by atoms with van der Waals surface area (Å²) in [5.74, 6) is 0. The third-order valence-electron chi connectivity index (χ3n) is 4.67. The maximum Gasteiger partial charge on any atom is -0.00852 e. The zero-order valence-corrected chi connectivity index (χ0v) is 9.81. The van der Waals surface area contributed by atoms with Crippen molar-refractivity contribution in [3.8, 4) is 0 Å². The molecular formula is C16H18. The molecule has 3 aliphatic rings. The average Bonchev–Trinajstić information content (AvgIpc) is 2.98. The highest BCUT2D eigenvalue weighted by Gasteiger charge is 2.27. The lowest BCUT2D eigenvalue weighted by molar-refractivity contribution is 0.677. The molecule has 16 heavy (non-hydrogen) atoms. The summed E-state index contributed by atoms with van der Waals surface area (Å²) in [4.78, 5) is 0. The van der Waals surface area contributed by atoms with Crippen LogP contribution in [0.25, 0.3) is 6.08 Å². The summed E-state index contributed by atoms with van der Waals surface area (Å²) in [5, 5.41) is 0. The van der Waals surface area contributed by atoms with Crippen LogP contribution in [0.3, 0.4) is 0 Å². The summed E-state index contributed by atoms with van der Waals surface area (Å²) in [5.41, 5.74) is 10.4. The van der Waals surface area contributed by atoms with E-state index < -0.39 is 0 Å². The molecule has 4 rings (SSSR count).